The van der Waals surface area contributed by atoms with Gasteiger partial charge in [-0.15, -0.1) is 0 Å². The number of nitrogens with zero attached hydrogens (tertiary/aromatic N) is 2. The molecule has 0 amide bonds. The molecule has 1 fully saturated rings. The number of rotatable bonds is 3. The summed E-state index contributed by atoms with van der Waals surface area (Å²) in [5.74, 6) is 0.997. The summed E-state index contributed by atoms with van der Waals surface area (Å²) in [6.45, 7) is 6.16. The van der Waals surface area contributed by atoms with E-state index in [1.807, 2.05) is 6.92 Å². The molecular formula is C10H16N2O. The first-order valence-corrected chi connectivity index (χ1v) is 4.58. The molecule has 0 aromatic rings. The van der Waals surface area contributed by atoms with E-state index >= 15 is 0 Å². The minimum absolute atomic E-state index is 0.252. The van der Waals surface area contributed by atoms with E-state index in [0.29, 0.717) is 18.3 Å². The summed E-state index contributed by atoms with van der Waals surface area (Å²) in [6.07, 6.45) is 1.44. The number of oxime groups is 1. The second-order valence-electron chi connectivity index (χ2n) is 4.44. The van der Waals surface area contributed by atoms with Crippen molar-refractivity contribution in [3.05, 3.63) is 0 Å². The average Bonchev–Trinajstić information content (AvgIpc) is 2.56. The van der Waals surface area contributed by atoms with E-state index in [1.165, 1.54) is 0 Å². The molecule has 0 radical (unpaired) electrons. The summed E-state index contributed by atoms with van der Waals surface area (Å²) in [5, 5.41) is 20.3. The lowest BCUT2D eigenvalue weighted by molar-refractivity contribution is 0.316. The van der Waals surface area contributed by atoms with Crippen LogP contribution in [0.2, 0.25) is 0 Å². The van der Waals surface area contributed by atoms with Gasteiger partial charge < -0.3 is 5.21 Å². The van der Waals surface area contributed by atoms with Gasteiger partial charge in [0.15, 0.2) is 0 Å². The van der Waals surface area contributed by atoms with E-state index < -0.39 is 0 Å². The molecule has 13 heavy (non-hydrogen) atoms. The van der Waals surface area contributed by atoms with Crippen molar-refractivity contribution in [2.45, 2.75) is 33.6 Å². The van der Waals surface area contributed by atoms with Crippen molar-refractivity contribution in [2.75, 3.05) is 0 Å². The zero-order valence-corrected chi connectivity index (χ0v) is 8.41. The highest BCUT2D eigenvalue weighted by Gasteiger charge is 2.56. The molecule has 0 aromatic carbocycles. The van der Waals surface area contributed by atoms with E-state index in [4.69, 9.17) is 10.5 Å². The zero-order chi connectivity index (χ0) is 10.1. The summed E-state index contributed by atoms with van der Waals surface area (Å²) in [6, 6.07) is 2.20. The molecule has 3 heteroatoms. The molecule has 1 N–H and O–H groups in total. The van der Waals surface area contributed by atoms with Crippen molar-refractivity contribution in [1.29, 1.82) is 5.26 Å². The summed E-state index contributed by atoms with van der Waals surface area (Å²) >= 11 is 0. The van der Waals surface area contributed by atoms with Crippen LogP contribution in [0.1, 0.15) is 33.6 Å². The van der Waals surface area contributed by atoms with Crippen LogP contribution >= 0.6 is 0 Å². The van der Waals surface area contributed by atoms with Crippen LogP contribution in [-0.4, -0.2) is 10.9 Å². The van der Waals surface area contributed by atoms with Crippen LogP contribution in [0.25, 0.3) is 0 Å². The Labute approximate surface area is 79.1 Å². The lowest BCUT2D eigenvalue weighted by Gasteiger charge is -2.00. The van der Waals surface area contributed by atoms with Gasteiger partial charge in [0, 0.05) is 6.42 Å². The molecule has 1 saturated carbocycles. The second-order valence-corrected chi connectivity index (χ2v) is 4.44. The molecule has 0 unspecified atom stereocenters. The molecular weight excluding hydrogens is 164 g/mol. The maximum absolute atomic E-state index is 8.59. The zero-order valence-electron chi connectivity index (χ0n) is 8.41. The van der Waals surface area contributed by atoms with E-state index in [9.17, 15) is 0 Å². The van der Waals surface area contributed by atoms with E-state index in [-0.39, 0.29) is 5.41 Å². The molecule has 0 bridgehead atoms. The van der Waals surface area contributed by atoms with Crippen LogP contribution in [0.5, 0.6) is 0 Å². The Morgan fingerprint density at radius 3 is 2.62 bits per heavy atom. The molecule has 0 aliphatic heterocycles. The van der Waals surface area contributed by atoms with Gasteiger partial charge in [-0.25, -0.2) is 0 Å². The van der Waals surface area contributed by atoms with Crippen LogP contribution in [0, 0.1) is 28.6 Å². The third kappa shape index (κ3) is 1.82. The third-order valence-electron chi connectivity index (χ3n) is 3.29. The summed E-state index contributed by atoms with van der Waals surface area (Å²) in [5.41, 5.74) is 1.01. The van der Waals surface area contributed by atoms with Crippen molar-refractivity contribution in [3.63, 3.8) is 0 Å². The van der Waals surface area contributed by atoms with Crippen LogP contribution in [0.15, 0.2) is 5.16 Å². The van der Waals surface area contributed by atoms with Gasteiger partial charge in [-0.2, -0.15) is 5.26 Å². The summed E-state index contributed by atoms with van der Waals surface area (Å²) < 4.78 is 0. The van der Waals surface area contributed by atoms with Crippen LogP contribution in [0.3, 0.4) is 0 Å². The lowest BCUT2D eigenvalue weighted by atomic mass is 10.1. The van der Waals surface area contributed by atoms with Crippen LogP contribution in [-0.2, 0) is 0 Å². The van der Waals surface area contributed by atoms with E-state index in [2.05, 4.69) is 25.1 Å². The Morgan fingerprint density at radius 2 is 2.15 bits per heavy atom. The smallest absolute Gasteiger partial charge is 0.0624 e. The fourth-order valence-corrected chi connectivity index (χ4v) is 2.13. The highest BCUT2D eigenvalue weighted by atomic mass is 16.4. The Kier molecular flexibility index (Phi) is 2.60. The van der Waals surface area contributed by atoms with Gasteiger partial charge in [-0.05, 0) is 30.6 Å². The molecule has 2 atom stereocenters. The van der Waals surface area contributed by atoms with Gasteiger partial charge in [0.1, 0.15) is 0 Å². The molecule has 72 valence electrons. The normalized spacial score (nSPS) is 31.1. The highest BCUT2D eigenvalue weighted by Crippen LogP contribution is 2.61. The average molecular weight is 180 g/mol. The number of hydrogen-bond donors (Lipinski definition) is 1. The Balaban J connectivity index is 2.52. The van der Waals surface area contributed by atoms with Gasteiger partial charge in [-0.3, -0.25) is 0 Å². The van der Waals surface area contributed by atoms with Crippen LogP contribution < -0.4 is 0 Å². The van der Waals surface area contributed by atoms with Crippen molar-refractivity contribution < 1.29 is 5.21 Å². The first-order valence-electron chi connectivity index (χ1n) is 4.58. The van der Waals surface area contributed by atoms with Crippen molar-refractivity contribution in [1.82, 2.24) is 0 Å². The fraction of sp³-hybridized carbons (Fsp3) is 0.800. The second kappa shape index (κ2) is 3.37. The maximum atomic E-state index is 8.59. The van der Waals surface area contributed by atoms with E-state index in [1.54, 1.807) is 0 Å². The van der Waals surface area contributed by atoms with Gasteiger partial charge in [0.2, 0.25) is 0 Å². The number of hydrogen-bond acceptors (Lipinski definition) is 3. The molecule has 1 rings (SSSR count). The molecule has 1 aliphatic carbocycles. The van der Waals surface area contributed by atoms with Gasteiger partial charge >= 0.3 is 0 Å². The SMILES string of the molecule is CC(C[C@H]1[C@@H](CC#N)C1(C)C)=NO. The predicted molar refractivity (Wildman–Crippen MR) is 50.5 cm³/mol. The van der Waals surface area contributed by atoms with Gasteiger partial charge in [-0.1, -0.05) is 19.0 Å². The number of nitriles is 1. The summed E-state index contributed by atoms with van der Waals surface area (Å²) in [4.78, 5) is 0. The molecule has 0 spiro atoms. The maximum Gasteiger partial charge on any atom is 0.0624 e. The quantitative estimate of drug-likeness (QED) is 0.412. The molecule has 3 nitrogen and oxygen atoms in total. The van der Waals surface area contributed by atoms with Crippen molar-refractivity contribution in [3.8, 4) is 6.07 Å². The van der Waals surface area contributed by atoms with Gasteiger partial charge in [0.25, 0.3) is 0 Å². The standard InChI is InChI=1S/C10H16N2O/c1-7(12-13)6-9-8(4-5-11)10(9,2)3/h8-9,13H,4,6H2,1-3H3/t8-,9+/m1/s1. The minimum Gasteiger partial charge on any atom is -0.411 e. The Morgan fingerprint density at radius 1 is 1.54 bits per heavy atom. The Bertz CT molecular complexity index is 263. The monoisotopic (exact) mass is 180 g/mol. The van der Waals surface area contributed by atoms with Gasteiger partial charge in [0.05, 0.1) is 11.8 Å². The largest absolute Gasteiger partial charge is 0.411 e. The van der Waals surface area contributed by atoms with Crippen molar-refractivity contribution >= 4 is 5.71 Å². The lowest BCUT2D eigenvalue weighted by Crippen LogP contribution is -1.97. The third-order valence-corrected chi connectivity index (χ3v) is 3.29. The van der Waals surface area contributed by atoms with E-state index in [0.717, 1.165) is 12.1 Å². The minimum atomic E-state index is 0.252. The highest BCUT2D eigenvalue weighted by molar-refractivity contribution is 5.81. The van der Waals surface area contributed by atoms with Crippen LogP contribution in [0.4, 0.5) is 0 Å². The molecule has 0 aromatic heterocycles. The molecule has 0 saturated heterocycles. The molecule has 0 heterocycles. The predicted octanol–water partition coefficient (Wildman–Crippen LogP) is 2.41. The first-order chi connectivity index (χ1) is 6.04. The Hall–Kier alpha value is -1.04. The summed E-state index contributed by atoms with van der Waals surface area (Å²) in [7, 11) is 0. The molecule has 1 aliphatic rings. The van der Waals surface area contributed by atoms with Crippen molar-refractivity contribution in [2.24, 2.45) is 22.4 Å². The first kappa shape index (κ1) is 10.0. The topological polar surface area (TPSA) is 56.4 Å². The fourth-order valence-electron chi connectivity index (χ4n) is 2.13.